The minimum absolute atomic E-state index is 0.0699. The second kappa shape index (κ2) is 6.71. The standard InChI is InChI=1S/C17H25N3/c1-13(2)9-16(18)17-10-19-12-20(17)11-14(3)15-7-5-4-6-8-15/h4-8,10,12-14,16H,9,11,18H2,1-3H3. The Morgan fingerprint density at radius 3 is 2.50 bits per heavy atom. The van der Waals surface area contributed by atoms with Gasteiger partial charge >= 0.3 is 0 Å². The second-order valence-electron chi connectivity index (χ2n) is 6.02. The van der Waals surface area contributed by atoms with Crippen LogP contribution in [0.1, 0.15) is 50.4 Å². The Bertz CT molecular complexity index is 516. The van der Waals surface area contributed by atoms with Crippen LogP contribution in [0.2, 0.25) is 0 Å². The number of nitrogens with zero attached hydrogens (tertiary/aromatic N) is 2. The van der Waals surface area contributed by atoms with E-state index in [2.05, 4.69) is 60.7 Å². The lowest BCUT2D eigenvalue weighted by Gasteiger charge is -2.19. The van der Waals surface area contributed by atoms with Crippen LogP contribution in [0.25, 0.3) is 0 Å². The zero-order valence-electron chi connectivity index (χ0n) is 12.7. The highest BCUT2D eigenvalue weighted by atomic mass is 15.1. The van der Waals surface area contributed by atoms with Gasteiger partial charge in [0, 0.05) is 18.8 Å². The molecule has 0 radical (unpaired) electrons. The van der Waals surface area contributed by atoms with Crippen molar-refractivity contribution in [2.24, 2.45) is 11.7 Å². The SMILES string of the molecule is CC(C)CC(N)c1cncn1CC(C)c1ccccc1. The number of rotatable bonds is 6. The lowest BCUT2D eigenvalue weighted by atomic mass is 10.00. The Morgan fingerprint density at radius 1 is 1.15 bits per heavy atom. The van der Waals surface area contributed by atoms with Gasteiger partial charge in [-0.25, -0.2) is 4.98 Å². The van der Waals surface area contributed by atoms with Crippen LogP contribution in [0, 0.1) is 5.92 Å². The molecule has 0 aliphatic rings. The van der Waals surface area contributed by atoms with Gasteiger partial charge in [0.15, 0.2) is 0 Å². The van der Waals surface area contributed by atoms with Crippen molar-refractivity contribution in [3.8, 4) is 0 Å². The van der Waals surface area contributed by atoms with Crippen molar-refractivity contribution in [3.05, 3.63) is 54.1 Å². The van der Waals surface area contributed by atoms with E-state index in [9.17, 15) is 0 Å². The first-order chi connectivity index (χ1) is 9.58. The van der Waals surface area contributed by atoms with Crippen molar-refractivity contribution in [3.63, 3.8) is 0 Å². The molecule has 1 aromatic heterocycles. The molecule has 2 unspecified atom stereocenters. The summed E-state index contributed by atoms with van der Waals surface area (Å²) in [6.07, 6.45) is 4.80. The first kappa shape index (κ1) is 14.8. The third-order valence-corrected chi connectivity index (χ3v) is 3.69. The lowest BCUT2D eigenvalue weighted by molar-refractivity contribution is 0.474. The largest absolute Gasteiger partial charge is 0.333 e. The van der Waals surface area contributed by atoms with E-state index in [1.807, 2.05) is 12.5 Å². The lowest BCUT2D eigenvalue weighted by Crippen LogP contribution is -2.18. The fraction of sp³-hybridized carbons (Fsp3) is 0.471. The average molecular weight is 271 g/mol. The Balaban J connectivity index is 2.09. The van der Waals surface area contributed by atoms with Gasteiger partial charge in [-0.05, 0) is 23.8 Å². The molecule has 0 spiro atoms. The van der Waals surface area contributed by atoms with Gasteiger partial charge in [-0.3, -0.25) is 0 Å². The number of nitrogens with two attached hydrogens (primary N) is 1. The van der Waals surface area contributed by atoms with Crippen LogP contribution in [0.15, 0.2) is 42.9 Å². The van der Waals surface area contributed by atoms with Gasteiger partial charge in [0.1, 0.15) is 0 Å². The van der Waals surface area contributed by atoms with Crippen molar-refractivity contribution < 1.29 is 0 Å². The molecule has 0 saturated heterocycles. The number of hydrogen-bond acceptors (Lipinski definition) is 2. The Morgan fingerprint density at radius 2 is 1.85 bits per heavy atom. The van der Waals surface area contributed by atoms with Crippen molar-refractivity contribution in [1.82, 2.24) is 9.55 Å². The molecule has 108 valence electrons. The number of aromatic nitrogens is 2. The summed E-state index contributed by atoms with van der Waals surface area (Å²) in [6, 6.07) is 10.7. The van der Waals surface area contributed by atoms with Crippen LogP contribution in [0.5, 0.6) is 0 Å². The Kier molecular flexibility index (Phi) is 4.96. The molecule has 2 rings (SSSR count). The smallest absolute Gasteiger partial charge is 0.0948 e. The number of benzene rings is 1. The third-order valence-electron chi connectivity index (χ3n) is 3.69. The monoisotopic (exact) mass is 271 g/mol. The Hall–Kier alpha value is -1.61. The predicted octanol–water partition coefficient (Wildman–Crippen LogP) is 3.73. The highest BCUT2D eigenvalue weighted by Crippen LogP contribution is 2.22. The second-order valence-corrected chi connectivity index (χ2v) is 6.02. The maximum atomic E-state index is 6.29. The van der Waals surface area contributed by atoms with Gasteiger partial charge in [-0.2, -0.15) is 0 Å². The van der Waals surface area contributed by atoms with E-state index < -0.39 is 0 Å². The van der Waals surface area contributed by atoms with Crippen LogP contribution in [-0.2, 0) is 6.54 Å². The first-order valence-corrected chi connectivity index (χ1v) is 7.38. The summed E-state index contributed by atoms with van der Waals surface area (Å²) in [4.78, 5) is 4.28. The molecule has 20 heavy (non-hydrogen) atoms. The van der Waals surface area contributed by atoms with E-state index >= 15 is 0 Å². The average Bonchev–Trinajstić information content (AvgIpc) is 2.87. The van der Waals surface area contributed by atoms with Crippen molar-refractivity contribution in [1.29, 1.82) is 0 Å². The van der Waals surface area contributed by atoms with Crippen LogP contribution in [-0.4, -0.2) is 9.55 Å². The quantitative estimate of drug-likeness (QED) is 0.870. The van der Waals surface area contributed by atoms with E-state index in [0.717, 1.165) is 18.7 Å². The number of imidazole rings is 1. The van der Waals surface area contributed by atoms with E-state index in [4.69, 9.17) is 5.73 Å². The van der Waals surface area contributed by atoms with E-state index in [1.54, 1.807) is 0 Å². The molecular weight excluding hydrogens is 246 g/mol. The summed E-state index contributed by atoms with van der Waals surface area (Å²) in [5.74, 6) is 1.05. The summed E-state index contributed by atoms with van der Waals surface area (Å²) in [5, 5.41) is 0. The maximum absolute atomic E-state index is 6.29. The van der Waals surface area contributed by atoms with Crippen molar-refractivity contribution in [2.45, 2.75) is 45.7 Å². The fourth-order valence-corrected chi connectivity index (χ4v) is 2.60. The minimum atomic E-state index is 0.0699. The summed E-state index contributed by atoms with van der Waals surface area (Å²) in [7, 11) is 0. The van der Waals surface area contributed by atoms with Gasteiger partial charge in [0.05, 0.1) is 12.0 Å². The van der Waals surface area contributed by atoms with Crippen molar-refractivity contribution in [2.75, 3.05) is 0 Å². The molecule has 0 saturated carbocycles. The van der Waals surface area contributed by atoms with Crippen LogP contribution in [0.3, 0.4) is 0 Å². The highest BCUT2D eigenvalue weighted by molar-refractivity contribution is 5.19. The fourth-order valence-electron chi connectivity index (χ4n) is 2.60. The first-order valence-electron chi connectivity index (χ1n) is 7.38. The van der Waals surface area contributed by atoms with Gasteiger partial charge < -0.3 is 10.3 Å². The van der Waals surface area contributed by atoms with Gasteiger partial charge in [-0.1, -0.05) is 51.1 Å². The van der Waals surface area contributed by atoms with Crippen LogP contribution < -0.4 is 5.73 Å². The summed E-state index contributed by atoms with van der Waals surface area (Å²) >= 11 is 0. The molecule has 3 heteroatoms. The zero-order chi connectivity index (χ0) is 14.5. The molecule has 1 heterocycles. The van der Waals surface area contributed by atoms with Gasteiger partial charge in [-0.15, -0.1) is 0 Å². The molecule has 2 aromatic rings. The molecule has 1 aromatic carbocycles. The summed E-state index contributed by atoms with van der Waals surface area (Å²) in [5.41, 5.74) is 8.79. The van der Waals surface area contributed by atoms with Gasteiger partial charge in [0.2, 0.25) is 0 Å². The topological polar surface area (TPSA) is 43.8 Å². The molecule has 3 nitrogen and oxygen atoms in total. The molecule has 0 aliphatic heterocycles. The summed E-state index contributed by atoms with van der Waals surface area (Å²) in [6.45, 7) is 7.57. The molecule has 0 amide bonds. The van der Waals surface area contributed by atoms with Crippen molar-refractivity contribution >= 4 is 0 Å². The molecule has 2 N–H and O–H groups in total. The van der Waals surface area contributed by atoms with Gasteiger partial charge in [0.25, 0.3) is 0 Å². The maximum Gasteiger partial charge on any atom is 0.0948 e. The minimum Gasteiger partial charge on any atom is -0.333 e. The normalized spacial score (nSPS) is 14.4. The Labute approximate surface area is 121 Å². The van der Waals surface area contributed by atoms with E-state index in [1.165, 1.54) is 5.56 Å². The highest BCUT2D eigenvalue weighted by Gasteiger charge is 2.15. The van der Waals surface area contributed by atoms with E-state index in [-0.39, 0.29) is 6.04 Å². The van der Waals surface area contributed by atoms with E-state index in [0.29, 0.717) is 11.8 Å². The molecule has 0 fully saturated rings. The zero-order valence-corrected chi connectivity index (χ0v) is 12.7. The predicted molar refractivity (Wildman–Crippen MR) is 83.5 cm³/mol. The molecule has 0 aliphatic carbocycles. The molecule has 0 bridgehead atoms. The van der Waals surface area contributed by atoms with Crippen LogP contribution in [0.4, 0.5) is 0 Å². The third kappa shape index (κ3) is 3.70. The van der Waals surface area contributed by atoms with Crippen LogP contribution >= 0.6 is 0 Å². The number of hydrogen-bond donors (Lipinski definition) is 1. The molecule has 2 atom stereocenters. The summed E-state index contributed by atoms with van der Waals surface area (Å²) < 4.78 is 2.20. The molecular formula is C17H25N3.